The molecule has 0 heterocycles. The van der Waals surface area contributed by atoms with Gasteiger partial charge in [0.25, 0.3) is 5.91 Å². The Morgan fingerprint density at radius 3 is 2.80 bits per heavy atom. The first-order chi connectivity index (χ1) is 9.65. The van der Waals surface area contributed by atoms with Gasteiger partial charge in [0.1, 0.15) is 5.75 Å². The molecule has 1 aromatic rings. The summed E-state index contributed by atoms with van der Waals surface area (Å²) in [4.78, 5) is 11.8. The average molecular weight is 346 g/mol. The number of carbonyl (C=O) groups is 1. The monoisotopic (exact) mass is 345 g/mol. The van der Waals surface area contributed by atoms with Crippen LogP contribution in [0, 0.1) is 0 Å². The number of nitrogens with one attached hydrogen (secondary N) is 1. The molecule has 112 valence electrons. The van der Waals surface area contributed by atoms with Crippen molar-refractivity contribution in [1.82, 2.24) is 5.32 Å². The average Bonchev–Trinajstić information content (AvgIpc) is 2.41. The minimum absolute atomic E-state index is 0.0280. The van der Waals surface area contributed by atoms with Crippen LogP contribution in [-0.2, 0) is 9.47 Å². The van der Waals surface area contributed by atoms with E-state index < -0.39 is 0 Å². The molecule has 0 bridgehead atoms. The summed E-state index contributed by atoms with van der Waals surface area (Å²) in [6.07, 6.45) is 1.70. The summed E-state index contributed by atoms with van der Waals surface area (Å²) in [5.41, 5.74) is 0.282. The highest BCUT2D eigenvalue weighted by molar-refractivity contribution is 9.10. The van der Waals surface area contributed by atoms with Crippen LogP contribution in [0.5, 0.6) is 5.75 Å². The summed E-state index contributed by atoms with van der Waals surface area (Å²) < 4.78 is 10.9. The van der Waals surface area contributed by atoms with Gasteiger partial charge < -0.3 is 19.9 Å². The Labute approximate surface area is 127 Å². The molecule has 0 saturated heterocycles. The van der Waals surface area contributed by atoms with Gasteiger partial charge in [-0.2, -0.15) is 0 Å². The van der Waals surface area contributed by atoms with Crippen molar-refractivity contribution in [2.45, 2.75) is 12.8 Å². The third-order valence-corrected chi connectivity index (χ3v) is 3.13. The molecular formula is C14H20BrNO4. The number of aromatic hydroxyl groups is 1. The highest BCUT2D eigenvalue weighted by Crippen LogP contribution is 2.21. The Bertz CT molecular complexity index is 426. The zero-order valence-electron chi connectivity index (χ0n) is 11.5. The first-order valence-corrected chi connectivity index (χ1v) is 7.28. The van der Waals surface area contributed by atoms with Crippen LogP contribution in [0.2, 0.25) is 0 Å². The summed E-state index contributed by atoms with van der Waals surface area (Å²) >= 11 is 3.23. The standard InChI is InChI=1S/C14H20BrNO4/c1-19-8-9-20-7-3-2-6-16-14(18)12-5-4-11(15)10-13(12)17/h4-5,10,17H,2-3,6-9H2,1H3,(H,16,18). The van der Waals surface area contributed by atoms with Gasteiger partial charge in [-0.1, -0.05) is 15.9 Å². The van der Waals surface area contributed by atoms with Crippen LogP contribution >= 0.6 is 15.9 Å². The Balaban J connectivity index is 2.17. The van der Waals surface area contributed by atoms with Gasteiger partial charge in [-0.15, -0.1) is 0 Å². The van der Waals surface area contributed by atoms with Crippen LogP contribution in [0.25, 0.3) is 0 Å². The lowest BCUT2D eigenvalue weighted by Crippen LogP contribution is -2.24. The molecule has 0 fully saturated rings. The number of unbranched alkanes of at least 4 members (excludes halogenated alkanes) is 1. The van der Waals surface area contributed by atoms with Gasteiger partial charge in [-0.25, -0.2) is 0 Å². The first kappa shape index (κ1) is 16.9. The van der Waals surface area contributed by atoms with Crippen LogP contribution in [0.4, 0.5) is 0 Å². The number of phenols is 1. The summed E-state index contributed by atoms with van der Waals surface area (Å²) in [6, 6.07) is 4.80. The van der Waals surface area contributed by atoms with Crippen LogP contribution < -0.4 is 5.32 Å². The van der Waals surface area contributed by atoms with Crippen molar-refractivity contribution in [2.24, 2.45) is 0 Å². The van der Waals surface area contributed by atoms with Gasteiger partial charge in [0.05, 0.1) is 18.8 Å². The van der Waals surface area contributed by atoms with E-state index in [0.717, 1.165) is 17.3 Å². The number of rotatable bonds is 9. The van der Waals surface area contributed by atoms with E-state index >= 15 is 0 Å². The number of hydrogen-bond donors (Lipinski definition) is 2. The van der Waals surface area contributed by atoms with Gasteiger partial charge >= 0.3 is 0 Å². The minimum atomic E-state index is -0.268. The van der Waals surface area contributed by atoms with Crippen LogP contribution in [0.3, 0.4) is 0 Å². The van der Waals surface area contributed by atoms with E-state index in [1.54, 1.807) is 19.2 Å². The van der Waals surface area contributed by atoms with E-state index in [-0.39, 0.29) is 17.2 Å². The molecule has 0 saturated carbocycles. The van der Waals surface area contributed by atoms with Crippen LogP contribution in [0.15, 0.2) is 22.7 Å². The lowest BCUT2D eigenvalue weighted by Gasteiger charge is -2.07. The van der Waals surface area contributed by atoms with E-state index in [1.807, 2.05) is 0 Å². The van der Waals surface area contributed by atoms with E-state index in [1.165, 1.54) is 6.07 Å². The topological polar surface area (TPSA) is 67.8 Å². The molecule has 0 radical (unpaired) electrons. The number of phenolic OH excluding ortho intramolecular Hbond substituents is 1. The fourth-order valence-electron chi connectivity index (χ4n) is 1.57. The van der Waals surface area contributed by atoms with Crippen molar-refractivity contribution < 1.29 is 19.4 Å². The van der Waals surface area contributed by atoms with Gasteiger partial charge in [0, 0.05) is 24.7 Å². The second kappa shape index (κ2) is 9.74. The first-order valence-electron chi connectivity index (χ1n) is 6.48. The lowest BCUT2D eigenvalue weighted by atomic mass is 10.2. The number of amides is 1. The molecule has 0 atom stereocenters. The number of ether oxygens (including phenoxy) is 2. The molecule has 5 nitrogen and oxygen atoms in total. The molecule has 0 unspecified atom stereocenters. The summed E-state index contributed by atoms with van der Waals surface area (Å²) in [5.74, 6) is -0.296. The molecule has 0 aliphatic rings. The van der Waals surface area contributed by atoms with Gasteiger partial charge in [0.15, 0.2) is 0 Å². The molecule has 0 aromatic heterocycles. The molecule has 0 spiro atoms. The van der Waals surface area contributed by atoms with E-state index in [9.17, 15) is 9.90 Å². The molecule has 1 amide bonds. The smallest absolute Gasteiger partial charge is 0.255 e. The molecule has 1 aromatic carbocycles. The molecule has 0 aliphatic heterocycles. The van der Waals surface area contributed by atoms with Gasteiger partial charge in [-0.05, 0) is 31.0 Å². The molecule has 0 aliphatic carbocycles. The fourth-order valence-corrected chi connectivity index (χ4v) is 1.92. The van der Waals surface area contributed by atoms with E-state index in [2.05, 4.69) is 21.2 Å². The van der Waals surface area contributed by atoms with Gasteiger partial charge in [0.2, 0.25) is 0 Å². The predicted molar refractivity (Wildman–Crippen MR) is 80.1 cm³/mol. The van der Waals surface area contributed by atoms with Crippen LogP contribution in [-0.4, -0.2) is 44.5 Å². The zero-order valence-corrected chi connectivity index (χ0v) is 13.1. The largest absolute Gasteiger partial charge is 0.507 e. The third-order valence-electron chi connectivity index (χ3n) is 2.64. The zero-order chi connectivity index (χ0) is 14.8. The minimum Gasteiger partial charge on any atom is -0.507 e. The van der Waals surface area contributed by atoms with Crippen molar-refractivity contribution in [2.75, 3.05) is 33.5 Å². The van der Waals surface area contributed by atoms with Gasteiger partial charge in [-0.3, -0.25) is 4.79 Å². The Hall–Kier alpha value is -1.11. The van der Waals surface area contributed by atoms with Crippen molar-refractivity contribution in [3.63, 3.8) is 0 Å². The molecule has 2 N–H and O–H groups in total. The third kappa shape index (κ3) is 6.36. The van der Waals surface area contributed by atoms with Crippen LogP contribution in [0.1, 0.15) is 23.2 Å². The Morgan fingerprint density at radius 1 is 1.30 bits per heavy atom. The lowest BCUT2D eigenvalue weighted by molar-refractivity contribution is 0.0686. The second-order valence-electron chi connectivity index (χ2n) is 4.23. The van der Waals surface area contributed by atoms with E-state index in [4.69, 9.17) is 9.47 Å². The normalized spacial score (nSPS) is 10.5. The van der Waals surface area contributed by atoms with E-state index in [0.29, 0.717) is 26.4 Å². The van der Waals surface area contributed by atoms with Crippen molar-refractivity contribution in [3.05, 3.63) is 28.2 Å². The number of carbonyl (C=O) groups excluding carboxylic acids is 1. The highest BCUT2D eigenvalue weighted by atomic mass is 79.9. The molecule has 6 heteroatoms. The maximum Gasteiger partial charge on any atom is 0.255 e. The molecule has 20 heavy (non-hydrogen) atoms. The second-order valence-corrected chi connectivity index (χ2v) is 5.15. The van der Waals surface area contributed by atoms with Crippen molar-refractivity contribution >= 4 is 21.8 Å². The summed E-state index contributed by atoms with van der Waals surface area (Å²) in [5, 5.41) is 12.4. The predicted octanol–water partition coefficient (Wildman–Crippen LogP) is 2.33. The maximum absolute atomic E-state index is 11.8. The fraction of sp³-hybridized carbons (Fsp3) is 0.500. The number of benzene rings is 1. The number of hydrogen-bond acceptors (Lipinski definition) is 4. The van der Waals surface area contributed by atoms with Crippen molar-refractivity contribution in [1.29, 1.82) is 0 Å². The molecule has 1 rings (SSSR count). The number of methoxy groups -OCH3 is 1. The summed E-state index contributed by atoms with van der Waals surface area (Å²) in [6.45, 7) is 2.40. The Kier molecular flexibility index (Phi) is 8.25. The highest BCUT2D eigenvalue weighted by Gasteiger charge is 2.10. The van der Waals surface area contributed by atoms with Crippen molar-refractivity contribution in [3.8, 4) is 5.75 Å². The SMILES string of the molecule is COCCOCCCCNC(=O)c1ccc(Br)cc1O. The molecular weight excluding hydrogens is 326 g/mol. The summed E-state index contributed by atoms with van der Waals surface area (Å²) in [7, 11) is 1.64. The maximum atomic E-state index is 11.8. The quantitative estimate of drug-likeness (QED) is 0.674. The number of halogens is 1. The Morgan fingerprint density at radius 2 is 2.10 bits per heavy atom.